The zero-order valence-corrected chi connectivity index (χ0v) is 20.5. The molecule has 0 spiro atoms. The number of esters is 2. The lowest BCUT2D eigenvalue weighted by atomic mass is 9.99. The Balaban J connectivity index is 2.96. The summed E-state index contributed by atoms with van der Waals surface area (Å²) in [6.45, 7) is 11.9. The van der Waals surface area contributed by atoms with Crippen LogP contribution in [0.4, 0.5) is 0 Å². The van der Waals surface area contributed by atoms with Crippen molar-refractivity contribution in [2.75, 3.05) is 0 Å². The van der Waals surface area contributed by atoms with Gasteiger partial charge in [-0.25, -0.2) is 9.59 Å². The predicted molar refractivity (Wildman–Crippen MR) is 121 cm³/mol. The van der Waals surface area contributed by atoms with Gasteiger partial charge < -0.3 is 9.47 Å². The molecule has 5 heteroatoms. The van der Waals surface area contributed by atoms with Crippen LogP contribution in [-0.4, -0.2) is 23.1 Å². The van der Waals surface area contributed by atoms with Gasteiger partial charge in [0.05, 0.1) is 11.1 Å². The molecule has 0 aliphatic heterocycles. The van der Waals surface area contributed by atoms with Gasteiger partial charge in [-0.3, -0.25) is 0 Å². The number of carbonyl (C=O) groups is 2. The van der Waals surface area contributed by atoms with E-state index in [0.29, 0.717) is 4.47 Å². The van der Waals surface area contributed by atoms with Crippen molar-refractivity contribution in [2.24, 2.45) is 0 Å². The van der Waals surface area contributed by atoms with Crippen LogP contribution >= 0.6 is 15.9 Å². The highest BCUT2D eigenvalue weighted by atomic mass is 79.9. The summed E-state index contributed by atoms with van der Waals surface area (Å²) in [4.78, 5) is 25.8. The normalized spacial score (nSPS) is 12.0. The molecule has 4 nitrogen and oxygen atoms in total. The minimum Gasteiger partial charge on any atom is -0.456 e. The van der Waals surface area contributed by atoms with Gasteiger partial charge in [-0.1, -0.05) is 55.5 Å². The second-order valence-corrected chi connectivity index (χ2v) is 9.82. The molecule has 164 valence electrons. The zero-order valence-electron chi connectivity index (χ0n) is 18.9. The zero-order chi connectivity index (χ0) is 22.1. The van der Waals surface area contributed by atoms with Crippen molar-refractivity contribution in [3.63, 3.8) is 0 Å². The van der Waals surface area contributed by atoms with Crippen LogP contribution in [0.15, 0.2) is 22.7 Å². The topological polar surface area (TPSA) is 52.6 Å². The maximum absolute atomic E-state index is 12.9. The van der Waals surface area contributed by atoms with E-state index >= 15 is 0 Å². The first-order valence-electron chi connectivity index (χ1n) is 10.8. The largest absolute Gasteiger partial charge is 0.456 e. The maximum atomic E-state index is 12.9. The van der Waals surface area contributed by atoms with Crippen LogP contribution in [0.5, 0.6) is 0 Å². The third kappa shape index (κ3) is 9.33. The lowest BCUT2D eigenvalue weighted by molar-refractivity contribution is -0.0102. The van der Waals surface area contributed by atoms with Crippen molar-refractivity contribution in [3.8, 4) is 0 Å². The Morgan fingerprint density at radius 1 is 0.793 bits per heavy atom. The molecule has 0 heterocycles. The molecule has 29 heavy (non-hydrogen) atoms. The van der Waals surface area contributed by atoms with E-state index in [2.05, 4.69) is 29.8 Å². The van der Waals surface area contributed by atoms with Gasteiger partial charge in [-0.2, -0.15) is 0 Å². The van der Waals surface area contributed by atoms with Gasteiger partial charge >= 0.3 is 11.9 Å². The first-order chi connectivity index (χ1) is 13.5. The Kier molecular flexibility index (Phi) is 10.4. The monoisotopic (exact) mass is 468 g/mol. The molecule has 0 atom stereocenters. The molecule has 0 aliphatic rings. The second kappa shape index (κ2) is 11.7. The maximum Gasteiger partial charge on any atom is 0.339 e. The van der Waals surface area contributed by atoms with E-state index in [4.69, 9.17) is 9.47 Å². The van der Waals surface area contributed by atoms with Crippen LogP contribution in [-0.2, 0) is 9.47 Å². The van der Waals surface area contributed by atoms with Gasteiger partial charge in [0.1, 0.15) is 11.2 Å². The summed E-state index contributed by atoms with van der Waals surface area (Å²) in [5.41, 5.74) is -0.696. The highest BCUT2D eigenvalue weighted by molar-refractivity contribution is 9.10. The summed E-state index contributed by atoms with van der Waals surface area (Å²) in [5.74, 6) is -0.988. The van der Waals surface area contributed by atoms with E-state index in [1.54, 1.807) is 18.2 Å². The van der Waals surface area contributed by atoms with E-state index < -0.39 is 23.1 Å². The second-order valence-electron chi connectivity index (χ2n) is 8.90. The Hall–Kier alpha value is -1.36. The Morgan fingerprint density at radius 2 is 1.24 bits per heavy atom. The Labute approximate surface area is 184 Å². The van der Waals surface area contributed by atoms with Gasteiger partial charge in [0.2, 0.25) is 0 Å². The summed E-state index contributed by atoms with van der Waals surface area (Å²) in [5, 5.41) is 0. The predicted octanol–water partition coefficient (Wildman–Crippen LogP) is 7.48. The molecule has 1 aromatic carbocycles. The van der Waals surface area contributed by atoms with Crippen LogP contribution in [0.1, 0.15) is 114 Å². The lowest BCUT2D eigenvalue weighted by Crippen LogP contribution is -2.31. The SMILES string of the molecule is CCCCCC(C)(C)OC(=O)c1ccc(Br)cc1C(=O)OC(C)(C)CCCCC. The molecule has 0 bridgehead atoms. The van der Waals surface area contributed by atoms with Crippen molar-refractivity contribution in [2.45, 2.75) is 104 Å². The first kappa shape index (κ1) is 25.7. The summed E-state index contributed by atoms with van der Waals surface area (Å²) in [6.07, 6.45) is 7.99. The van der Waals surface area contributed by atoms with Crippen molar-refractivity contribution < 1.29 is 19.1 Å². The van der Waals surface area contributed by atoms with E-state index in [1.165, 1.54) is 0 Å². The molecule has 0 aliphatic carbocycles. The van der Waals surface area contributed by atoms with Gasteiger partial charge in [0, 0.05) is 4.47 Å². The third-order valence-electron chi connectivity index (χ3n) is 4.92. The molecule has 0 radical (unpaired) electrons. The summed E-state index contributed by atoms with van der Waals surface area (Å²) >= 11 is 3.39. The highest BCUT2D eigenvalue weighted by Crippen LogP contribution is 2.26. The van der Waals surface area contributed by atoms with E-state index in [9.17, 15) is 9.59 Å². The number of unbranched alkanes of at least 4 members (excludes halogenated alkanes) is 4. The van der Waals surface area contributed by atoms with Gasteiger partial charge in [0.15, 0.2) is 0 Å². The van der Waals surface area contributed by atoms with Gasteiger partial charge in [-0.15, -0.1) is 0 Å². The number of halogens is 1. The van der Waals surface area contributed by atoms with Crippen LogP contribution < -0.4 is 0 Å². The number of hydrogen-bond donors (Lipinski definition) is 0. The van der Waals surface area contributed by atoms with Gasteiger partial charge in [0.25, 0.3) is 0 Å². The summed E-state index contributed by atoms with van der Waals surface area (Å²) < 4.78 is 12.2. The lowest BCUT2D eigenvalue weighted by Gasteiger charge is -2.27. The fourth-order valence-corrected chi connectivity index (χ4v) is 3.54. The minimum absolute atomic E-state index is 0.234. The smallest absolute Gasteiger partial charge is 0.339 e. The molecular weight excluding hydrogens is 432 g/mol. The van der Waals surface area contributed by atoms with E-state index in [0.717, 1.165) is 51.4 Å². The number of benzene rings is 1. The molecule has 0 amide bonds. The van der Waals surface area contributed by atoms with Crippen molar-refractivity contribution in [1.82, 2.24) is 0 Å². The third-order valence-corrected chi connectivity index (χ3v) is 5.42. The molecular formula is C24H37BrO4. The highest BCUT2D eigenvalue weighted by Gasteiger charge is 2.29. The average molecular weight is 469 g/mol. The molecule has 0 N–H and O–H groups in total. The van der Waals surface area contributed by atoms with E-state index in [1.807, 2.05) is 27.7 Å². The van der Waals surface area contributed by atoms with Crippen LogP contribution in [0, 0.1) is 0 Å². The van der Waals surface area contributed by atoms with Crippen molar-refractivity contribution >= 4 is 27.9 Å². The molecule has 0 aromatic heterocycles. The molecule has 1 rings (SSSR count). The van der Waals surface area contributed by atoms with E-state index in [-0.39, 0.29) is 11.1 Å². The molecule has 0 saturated heterocycles. The molecule has 0 fully saturated rings. The van der Waals surface area contributed by atoms with Crippen LogP contribution in [0.25, 0.3) is 0 Å². The Bertz CT molecular complexity index is 679. The number of rotatable bonds is 12. The molecule has 1 aromatic rings. The Morgan fingerprint density at radius 3 is 1.69 bits per heavy atom. The first-order valence-corrected chi connectivity index (χ1v) is 11.6. The fraction of sp³-hybridized carbons (Fsp3) is 0.667. The number of ether oxygens (including phenoxy) is 2. The average Bonchev–Trinajstić information content (AvgIpc) is 2.60. The molecule has 0 unspecified atom stereocenters. The minimum atomic E-state index is -0.588. The van der Waals surface area contributed by atoms with Crippen molar-refractivity contribution in [1.29, 1.82) is 0 Å². The molecule has 0 saturated carbocycles. The summed E-state index contributed by atoms with van der Waals surface area (Å²) in [7, 11) is 0. The van der Waals surface area contributed by atoms with Gasteiger partial charge in [-0.05, 0) is 71.6 Å². The van der Waals surface area contributed by atoms with Crippen LogP contribution in [0.2, 0.25) is 0 Å². The van der Waals surface area contributed by atoms with Crippen molar-refractivity contribution in [3.05, 3.63) is 33.8 Å². The number of carbonyl (C=O) groups excluding carboxylic acids is 2. The van der Waals surface area contributed by atoms with Crippen LogP contribution in [0.3, 0.4) is 0 Å². The summed E-state index contributed by atoms with van der Waals surface area (Å²) in [6, 6.07) is 4.99. The standard InChI is InChI=1S/C24H37BrO4/c1-7-9-11-15-23(3,4)28-21(26)19-14-13-18(25)17-20(19)22(27)29-24(5,6)16-12-10-8-2/h13-14,17H,7-12,15-16H2,1-6H3. The number of hydrogen-bond acceptors (Lipinski definition) is 4. The fourth-order valence-electron chi connectivity index (χ4n) is 3.18. The quantitative estimate of drug-likeness (QED) is 0.235.